The number of halogens is 1. The highest BCUT2D eigenvalue weighted by Gasteiger charge is 2.05. The van der Waals surface area contributed by atoms with Crippen LogP contribution in [-0.4, -0.2) is 10.9 Å². The second kappa shape index (κ2) is 8.39. The lowest BCUT2D eigenvalue weighted by atomic mass is 10.0. The van der Waals surface area contributed by atoms with Crippen LogP contribution in [0.5, 0.6) is 0 Å². The second-order valence-electron chi connectivity index (χ2n) is 5.43. The Labute approximate surface area is 137 Å². The molecule has 0 aliphatic rings. The first-order chi connectivity index (χ1) is 10.0. The third-order valence-electron chi connectivity index (χ3n) is 3.33. The van der Waals surface area contributed by atoms with E-state index in [1.807, 2.05) is 0 Å². The van der Waals surface area contributed by atoms with E-state index >= 15 is 0 Å². The molecule has 1 heterocycles. The van der Waals surface area contributed by atoms with Gasteiger partial charge in [-0.3, -0.25) is 9.78 Å². The molecule has 0 saturated carbocycles. The van der Waals surface area contributed by atoms with Crippen LogP contribution in [0, 0.1) is 0 Å². The third-order valence-corrected chi connectivity index (χ3v) is 3.33. The van der Waals surface area contributed by atoms with Crippen LogP contribution >= 0.6 is 12.4 Å². The number of aromatic nitrogens is 1. The summed E-state index contributed by atoms with van der Waals surface area (Å²) in [4.78, 5) is 16.0. The van der Waals surface area contributed by atoms with Crippen molar-refractivity contribution < 1.29 is 4.79 Å². The quantitative estimate of drug-likeness (QED) is 0.890. The number of carbonyl (C=O) groups is 1. The summed E-state index contributed by atoms with van der Waals surface area (Å²) in [5.74, 6) is 0.477. The van der Waals surface area contributed by atoms with Crippen LogP contribution in [-0.2, 0) is 17.8 Å². The van der Waals surface area contributed by atoms with E-state index < -0.39 is 0 Å². The number of nitrogens with two attached hydrogens (primary N) is 1. The van der Waals surface area contributed by atoms with E-state index in [2.05, 4.69) is 48.4 Å². The highest BCUT2D eigenvalue weighted by Crippen LogP contribution is 2.14. The molecule has 5 heteroatoms. The zero-order chi connectivity index (χ0) is 15.2. The number of anilines is 1. The van der Waals surface area contributed by atoms with Gasteiger partial charge in [-0.15, -0.1) is 12.4 Å². The van der Waals surface area contributed by atoms with Gasteiger partial charge in [0.05, 0.1) is 18.3 Å². The first kappa shape index (κ1) is 18.0. The van der Waals surface area contributed by atoms with Gasteiger partial charge in [0.2, 0.25) is 5.91 Å². The number of hydrogen-bond donors (Lipinski definition) is 2. The standard InChI is InChI=1S/C17H21N3O.ClH/c1-12(2)14-5-3-13(4-6-14)10-20-17(21)9-16-8-7-15(18)11-19-16;/h3-8,11-12H,9-10,18H2,1-2H3,(H,20,21);1H. The number of carbonyl (C=O) groups excluding carboxylic acids is 1. The molecule has 1 amide bonds. The monoisotopic (exact) mass is 319 g/mol. The summed E-state index contributed by atoms with van der Waals surface area (Å²) in [5, 5.41) is 2.90. The largest absolute Gasteiger partial charge is 0.397 e. The Morgan fingerprint density at radius 2 is 1.86 bits per heavy atom. The number of amides is 1. The number of rotatable bonds is 5. The summed E-state index contributed by atoms with van der Waals surface area (Å²) in [7, 11) is 0. The van der Waals surface area contributed by atoms with Gasteiger partial charge in [-0.05, 0) is 29.2 Å². The van der Waals surface area contributed by atoms with Crippen molar-refractivity contribution in [1.82, 2.24) is 10.3 Å². The van der Waals surface area contributed by atoms with Gasteiger partial charge >= 0.3 is 0 Å². The normalized spacial score (nSPS) is 10.1. The van der Waals surface area contributed by atoms with Gasteiger partial charge in [0, 0.05) is 12.2 Å². The Kier molecular flexibility index (Phi) is 6.86. The van der Waals surface area contributed by atoms with Crippen LogP contribution in [0.25, 0.3) is 0 Å². The van der Waals surface area contributed by atoms with Gasteiger partial charge in [0.25, 0.3) is 0 Å². The van der Waals surface area contributed by atoms with Crippen LogP contribution in [0.4, 0.5) is 5.69 Å². The minimum Gasteiger partial charge on any atom is -0.397 e. The van der Waals surface area contributed by atoms with Crippen molar-refractivity contribution in [3.63, 3.8) is 0 Å². The molecule has 118 valence electrons. The summed E-state index contributed by atoms with van der Waals surface area (Å²) >= 11 is 0. The lowest BCUT2D eigenvalue weighted by Gasteiger charge is -2.08. The van der Waals surface area contributed by atoms with E-state index in [0.717, 1.165) is 11.3 Å². The molecule has 0 unspecified atom stereocenters. The molecular weight excluding hydrogens is 298 g/mol. The smallest absolute Gasteiger partial charge is 0.226 e. The molecule has 22 heavy (non-hydrogen) atoms. The SMILES string of the molecule is CC(C)c1ccc(CNC(=O)Cc2ccc(N)cn2)cc1.Cl. The maximum Gasteiger partial charge on any atom is 0.226 e. The van der Waals surface area contributed by atoms with Gasteiger partial charge < -0.3 is 11.1 Å². The fourth-order valence-corrected chi connectivity index (χ4v) is 1.99. The Hall–Kier alpha value is -2.07. The first-order valence-corrected chi connectivity index (χ1v) is 7.10. The minimum atomic E-state index is -0.0415. The lowest BCUT2D eigenvalue weighted by Crippen LogP contribution is -2.24. The van der Waals surface area contributed by atoms with Crippen molar-refractivity contribution >= 4 is 24.0 Å². The van der Waals surface area contributed by atoms with E-state index in [9.17, 15) is 4.79 Å². The van der Waals surface area contributed by atoms with Gasteiger partial charge in [-0.2, -0.15) is 0 Å². The number of hydrogen-bond acceptors (Lipinski definition) is 3. The average Bonchev–Trinajstić information content (AvgIpc) is 2.48. The molecular formula is C17H22ClN3O. The minimum absolute atomic E-state index is 0. The van der Waals surface area contributed by atoms with Gasteiger partial charge in [-0.1, -0.05) is 38.1 Å². The molecule has 0 spiro atoms. The molecule has 0 bridgehead atoms. The zero-order valence-corrected chi connectivity index (χ0v) is 13.7. The highest BCUT2D eigenvalue weighted by atomic mass is 35.5. The van der Waals surface area contributed by atoms with E-state index in [1.54, 1.807) is 18.3 Å². The van der Waals surface area contributed by atoms with Gasteiger partial charge in [0.15, 0.2) is 0 Å². The Morgan fingerprint density at radius 3 is 2.41 bits per heavy atom. The van der Waals surface area contributed by atoms with Crippen molar-refractivity contribution in [3.8, 4) is 0 Å². The second-order valence-corrected chi connectivity index (χ2v) is 5.43. The lowest BCUT2D eigenvalue weighted by molar-refractivity contribution is -0.120. The molecule has 1 aromatic carbocycles. The summed E-state index contributed by atoms with van der Waals surface area (Å²) in [6.45, 7) is 4.86. The average molecular weight is 320 g/mol. The van der Waals surface area contributed by atoms with E-state index in [-0.39, 0.29) is 24.7 Å². The topological polar surface area (TPSA) is 68.0 Å². The summed E-state index contributed by atoms with van der Waals surface area (Å²) in [6.07, 6.45) is 1.83. The summed E-state index contributed by atoms with van der Waals surface area (Å²) in [5.41, 5.74) is 9.28. The highest BCUT2D eigenvalue weighted by molar-refractivity contribution is 5.85. The van der Waals surface area contributed by atoms with Gasteiger partial charge in [0.1, 0.15) is 0 Å². The fourth-order valence-electron chi connectivity index (χ4n) is 1.99. The van der Waals surface area contributed by atoms with Crippen LogP contribution in [0.1, 0.15) is 36.6 Å². The van der Waals surface area contributed by atoms with E-state index in [1.165, 1.54) is 5.56 Å². The molecule has 0 saturated heterocycles. The number of nitrogens with one attached hydrogen (secondary N) is 1. The fraction of sp³-hybridized carbons (Fsp3) is 0.294. The van der Waals surface area contributed by atoms with E-state index in [0.29, 0.717) is 18.2 Å². The molecule has 2 aromatic rings. The Morgan fingerprint density at radius 1 is 1.18 bits per heavy atom. The summed E-state index contributed by atoms with van der Waals surface area (Å²) < 4.78 is 0. The summed E-state index contributed by atoms with van der Waals surface area (Å²) in [6, 6.07) is 11.8. The van der Waals surface area contributed by atoms with Gasteiger partial charge in [-0.25, -0.2) is 0 Å². The van der Waals surface area contributed by atoms with Crippen molar-refractivity contribution in [1.29, 1.82) is 0 Å². The maximum atomic E-state index is 11.9. The molecule has 1 aromatic heterocycles. The van der Waals surface area contributed by atoms with Crippen molar-refractivity contribution in [3.05, 3.63) is 59.4 Å². The molecule has 0 aliphatic heterocycles. The zero-order valence-electron chi connectivity index (χ0n) is 12.9. The molecule has 4 nitrogen and oxygen atoms in total. The molecule has 3 N–H and O–H groups in total. The maximum absolute atomic E-state index is 11.9. The molecule has 0 aliphatic carbocycles. The van der Waals surface area contributed by atoms with E-state index in [4.69, 9.17) is 5.73 Å². The van der Waals surface area contributed by atoms with Crippen LogP contribution < -0.4 is 11.1 Å². The molecule has 2 rings (SSSR count). The van der Waals surface area contributed by atoms with Crippen LogP contribution in [0.3, 0.4) is 0 Å². The number of nitrogen functional groups attached to an aromatic ring is 1. The predicted molar refractivity (Wildman–Crippen MR) is 92.0 cm³/mol. The van der Waals surface area contributed by atoms with Crippen molar-refractivity contribution in [2.24, 2.45) is 0 Å². The first-order valence-electron chi connectivity index (χ1n) is 7.10. The van der Waals surface area contributed by atoms with Crippen LogP contribution in [0.15, 0.2) is 42.6 Å². The Bertz CT molecular complexity index is 594. The molecule has 0 fully saturated rings. The predicted octanol–water partition coefficient (Wildman–Crippen LogP) is 3.07. The molecule has 0 atom stereocenters. The van der Waals surface area contributed by atoms with Crippen LogP contribution in [0.2, 0.25) is 0 Å². The number of nitrogens with zero attached hydrogens (tertiary/aromatic N) is 1. The number of benzene rings is 1. The third kappa shape index (κ3) is 5.37. The van der Waals surface area contributed by atoms with Crippen molar-refractivity contribution in [2.45, 2.75) is 32.7 Å². The Balaban J connectivity index is 0.00000242. The van der Waals surface area contributed by atoms with Crippen molar-refractivity contribution in [2.75, 3.05) is 5.73 Å². The molecule has 0 radical (unpaired) electrons. The number of pyridine rings is 1.